The van der Waals surface area contributed by atoms with Crippen LogP contribution in [0.3, 0.4) is 0 Å². The van der Waals surface area contributed by atoms with Crippen LogP contribution in [0.1, 0.15) is 51.3 Å². The summed E-state index contributed by atoms with van der Waals surface area (Å²) >= 11 is 1.60. The molecule has 38 heavy (non-hydrogen) atoms. The zero-order valence-corrected chi connectivity index (χ0v) is 24.3. The molecule has 0 spiro atoms. The quantitative estimate of drug-likeness (QED) is 0.241. The van der Waals surface area contributed by atoms with E-state index in [1.54, 1.807) is 11.9 Å². The fourth-order valence-corrected chi connectivity index (χ4v) is 5.32. The zero-order chi connectivity index (χ0) is 27.9. The van der Waals surface area contributed by atoms with E-state index in [9.17, 15) is 9.90 Å². The van der Waals surface area contributed by atoms with Crippen LogP contribution in [0.15, 0.2) is 77.7 Å². The predicted molar refractivity (Wildman–Crippen MR) is 159 cm³/mol. The summed E-state index contributed by atoms with van der Waals surface area (Å²) in [5, 5.41) is 23.2. The lowest BCUT2D eigenvalue weighted by molar-refractivity contribution is -0.136. The van der Waals surface area contributed by atoms with Crippen LogP contribution in [0, 0.1) is 0 Å². The van der Waals surface area contributed by atoms with Gasteiger partial charge in [0.25, 0.3) is 0 Å². The van der Waals surface area contributed by atoms with Crippen LogP contribution >= 0.6 is 11.9 Å². The van der Waals surface area contributed by atoms with Crippen LogP contribution in [0.25, 0.3) is 11.1 Å². The number of likely N-dealkylation sites (N-methyl/N-ethyl adjacent to an activating group) is 1. The molecule has 0 heterocycles. The number of benzene rings is 3. The molecule has 5 nitrogen and oxygen atoms in total. The van der Waals surface area contributed by atoms with Crippen molar-refractivity contribution < 1.29 is 15.0 Å². The van der Waals surface area contributed by atoms with Crippen LogP contribution in [-0.4, -0.2) is 52.3 Å². The number of hydrogen-bond acceptors (Lipinski definition) is 5. The first-order chi connectivity index (χ1) is 17.8. The summed E-state index contributed by atoms with van der Waals surface area (Å²) < 4.78 is 2.06. The molecule has 0 fully saturated rings. The van der Waals surface area contributed by atoms with E-state index in [2.05, 4.69) is 80.6 Å². The second-order valence-corrected chi connectivity index (χ2v) is 13.0. The molecular formula is C32H42N2O3S. The van der Waals surface area contributed by atoms with Crippen molar-refractivity contribution in [1.29, 1.82) is 0 Å². The van der Waals surface area contributed by atoms with Gasteiger partial charge in [0, 0.05) is 23.5 Å². The first kappa shape index (κ1) is 29.9. The predicted octanol–water partition coefficient (Wildman–Crippen LogP) is 6.19. The highest BCUT2D eigenvalue weighted by molar-refractivity contribution is 7.97. The number of nitrogens with zero attached hydrogens (tertiary/aromatic N) is 1. The number of aliphatic hydroxyl groups excluding tert-OH is 1. The Kier molecular flexibility index (Phi) is 10.2. The van der Waals surface area contributed by atoms with E-state index in [-0.39, 0.29) is 17.4 Å². The molecule has 3 N–H and O–H groups in total. The smallest absolute Gasteiger partial charge is 0.307 e. The van der Waals surface area contributed by atoms with Gasteiger partial charge in [-0.2, -0.15) is 0 Å². The molecule has 0 aliphatic rings. The first-order valence-electron chi connectivity index (χ1n) is 13.1. The molecule has 0 aliphatic carbocycles. The molecule has 3 aromatic carbocycles. The van der Waals surface area contributed by atoms with Crippen molar-refractivity contribution in [2.45, 2.75) is 69.4 Å². The van der Waals surface area contributed by atoms with Crippen LogP contribution in [0.2, 0.25) is 0 Å². The van der Waals surface area contributed by atoms with Gasteiger partial charge in [0.2, 0.25) is 0 Å². The molecule has 0 saturated carbocycles. The third-order valence-electron chi connectivity index (χ3n) is 6.49. The summed E-state index contributed by atoms with van der Waals surface area (Å²) in [6, 6.07) is 24.7. The minimum absolute atomic E-state index is 0.0277. The second-order valence-electron chi connectivity index (χ2n) is 11.7. The molecule has 3 aromatic rings. The van der Waals surface area contributed by atoms with Crippen molar-refractivity contribution >= 4 is 17.9 Å². The van der Waals surface area contributed by atoms with Gasteiger partial charge in [-0.25, -0.2) is 4.31 Å². The van der Waals surface area contributed by atoms with Crippen molar-refractivity contribution in [3.05, 3.63) is 89.5 Å². The lowest BCUT2D eigenvalue weighted by atomic mass is 9.85. The van der Waals surface area contributed by atoms with Crippen LogP contribution < -0.4 is 5.32 Å². The molecule has 3 rings (SSSR count). The summed E-state index contributed by atoms with van der Waals surface area (Å²) in [5.74, 6) is -0.828. The number of nitrogens with one attached hydrogen (secondary N) is 1. The summed E-state index contributed by atoms with van der Waals surface area (Å²) in [7, 11) is 1.99. The van der Waals surface area contributed by atoms with Gasteiger partial charge in [-0.1, -0.05) is 81.4 Å². The fourth-order valence-electron chi connectivity index (χ4n) is 4.39. The van der Waals surface area contributed by atoms with Gasteiger partial charge in [-0.05, 0) is 84.6 Å². The van der Waals surface area contributed by atoms with E-state index < -0.39 is 12.1 Å². The number of carbonyl (C=O) groups is 1. The zero-order valence-electron chi connectivity index (χ0n) is 23.5. The van der Waals surface area contributed by atoms with Crippen molar-refractivity contribution in [2.75, 3.05) is 20.1 Å². The highest BCUT2D eigenvalue weighted by Crippen LogP contribution is 2.28. The van der Waals surface area contributed by atoms with E-state index in [4.69, 9.17) is 5.11 Å². The minimum atomic E-state index is -0.828. The Bertz CT molecular complexity index is 1180. The summed E-state index contributed by atoms with van der Waals surface area (Å²) in [6.45, 7) is 12.1. The SMILES string of the molecule is CN(C[C@H](O)CNC(C)(C)Cc1ccc(C(C)(C)C)cc1)Sc1cccc(-c2ccc(CC(=O)O)cc2)c1. The normalized spacial score (nSPS) is 13.1. The molecular weight excluding hydrogens is 492 g/mol. The van der Waals surface area contributed by atoms with Gasteiger partial charge in [0.05, 0.1) is 12.5 Å². The molecule has 0 aromatic heterocycles. The van der Waals surface area contributed by atoms with E-state index in [1.807, 2.05) is 43.4 Å². The van der Waals surface area contributed by atoms with Crippen molar-refractivity contribution in [3.63, 3.8) is 0 Å². The summed E-state index contributed by atoms with van der Waals surface area (Å²) in [6.07, 6.45) is 0.415. The molecule has 0 unspecified atom stereocenters. The number of rotatable bonds is 12. The molecule has 0 bridgehead atoms. The molecule has 1 atom stereocenters. The number of aliphatic hydroxyl groups is 1. The van der Waals surface area contributed by atoms with E-state index in [0.717, 1.165) is 28.0 Å². The van der Waals surface area contributed by atoms with Crippen molar-refractivity contribution in [2.24, 2.45) is 0 Å². The number of β-amino-alcohol motifs (C(OH)–C–C–N with tert-alkyl or cyclic N) is 1. The Morgan fingerprint density at radius 3 is 2.16 bits per heavy atom. The number of hydrogen-bond donors (Lipinski definition) is 3. The Labute approximate surface area is 232 Å². The van der Waals surface area contributed by atoms with Gasteiger partial charge in [-0.15, -0.1) is 0 Å². The molecule has 204 valence electrons. The number of aliphatic carboxylic acids is 1. The first-order valence-corrected chi connectivity index (χ1v) is 13.9. The minimum Gasteiger partial charge on any atom is -0.481 e. The van der Waals surface area contributed by atoms with Gasteiger partial charge in [0.1, 0.15) is 0 Å². The van der Waals surface area contributed by atoms with E-state index >= 15 is 0 Å². The van der Waals surface area contributed by atoms with Crippen molar-refractivity contribution in [1.82, 2.24) is 9.62 Å². The Balaban J connectivity index is 1.49. The highest BCUT2D eigenvalue weighted by Gasteiger charge is 2.21. The summed E-state index contributed by atoms with van der Waals surface area (Å²) in [4.78, 5) is 12.0. The monoisotopic (exact) mass is 534 g/mol. The van der Waals surface area contributed by atoms with Gasteiger partial charge >= 0.3 is 5.97 Å². The average molecular weight is 535 g/mol. The third kappa shape index (κ3) is 9.59. The lowest BCUT2D eigenvalue weighted by Gasteiger charge is -2.29. The van der Waals surface area contributed by atoms with Gasteiger partial charge in [-0.3, -0.25) is 4.79 Å². The maximum Gasteiger partial charge on any atom is 0.307 e. The van der Waals surface area contributed by atoms with Crippen molar-refractivity contribution in [3.8, 4) is 11.1 Å². The Morgan fingerprint density at radius 2 is 1.55 bits per heavy atom. The number of carboxylic acid groups (broad SMARTS) is 1. The third-order valence-corrected chi connectivity index (χ3v) is 7.41. The molecule has 0 radical (unpaired) electrons. The molecule has 0 amide bonds. The Hall–Kier alpha value is -2.64. The second kappa shape index (κ2) is 12.9. The maximum absolute atomic E-state index is 10.9. The highest BCUT2D eigenvalue weighted by atomic mass is 32.2. The van der Waals surface area contributed by atoms with E-state index in [1.165, 1.54) is 11.1 Å². The summed E-state index contributed by atoms with van der Waals surface area (Å²) in [5.41, 5.74) is 5.54. The van der Waals surface area contributed by atoms with Crippen LogP contribution in [0.4, 0.5) is 0 Å². The maximum atomic E-state index is 10.9. The van der Waals surface area contributed by atoms with Gasteiger partial charge in [0.15, 0.2) is 0 Å². The standard InChI is InChI=1S/C32H42N2O3S/c1-31(2,3)27-16-12-24(13-17-27)20-32(4,5)33-21-28(35)22-34(6)38-29-9-7-8-26(19-29)25-14-10-23(11-15-25)18-30(36)37/h7-17,19,28,33,35H,18,20-22H2,1-6H3,(H,36,37)/t28-/m1/s1. The fraction of sp³-hybridized carbons (Fsp3) is 0.406. The van der Waals surface area contributed by atoms with Crippen LogP contribution in [-0.2, 0) is 23.1 Å². The van der Waals surface area contributed by atoms with E-state index in [0.29, 0.717) is 13.1 Å². The topological polar surface area (TPSA) is 72.8 Å². The largest absolute Gasteiger partial charge is 0.481 e. The number of carboxylic acids is 1. The molecule has 6 heteroatoms. The van der Waals surface area contributed by atoms with Gasteiger partial charge < -0.3 is 15.5 Å². The lowest BCUT2D eigenvalue weighted by Crippen LogP contribution is -2.46. The molecule has 0 saturated heterocycles. The molecule has 0 aliphatic heterocycles. The average Bonchev–Trinajstić information content (AvgIpc) is 2.82. The Morgan fingerprint density at radius 1 is 0.921 bits per heavy atom. The van der Waals surface area contributed by atoms with Crippen LogP contribution in [0.5, 0.6) is 0 Å².